The smallest absolute Gasteiger partial charge is 0.333 e. The molecule has 0 aliphatic carbocycles. The van der Waals surface area contributed by atoms with Gasteiger partial charge in [0.2, 0.25) is 0 Å². The van der Waals surface area contributed by atoms with Gasteiger partial charge in [-0.2, -0.15) is 5.26 Å². The molecule has 0 unspecified atom stereocenters. The molecule has 0 atom stereocenters. The zero-order valence-corrected chi connectivity index (χ0v) is 29.5. The standard InChI is InChI=1S/C50H30BN3/c1-30-39(35-17-10-12-31(24-35)29-52)28-46-48-47(30)42-27-36(33-15-6-3-7-16-33)26-41-40-25-34(32-13-4-2-5-14-32)22-23-45(40)54(49(41)42)51(48)43-20-11-19-38-37-18-8-9-21-44(37)53(46)50(38)43/h2-28H,1H3. The third kappa shape index (κ3) is 3.80. The summed E-state index contributed by atoms with van der Waals surface area (Å²) >= 11 is 0. The van der Waals surface area contributed by atoms with Crippen LogP contribution in [0.25, 0.3) is 93.8 Å². The van der Waals surface area contributed by atoms with E-state index in [1.807, 2.05) is 18.2 Å². The summed E-state index contributed by atoms with van der Waals surface area (Å²) in [5.74, 6) is 0. The zero-order chi connectivity index (χ0) is 35.7. The van der Waals surface area contributed by atoms with Crippen molar-refractivity contribution in [2.45, 2.75) is 6.92 Å². The van der Waals surface area contributed by atoms with Crippen molar-refractivity contribution >= 4 is 61.4 Å². The first kappa shape index (κ1) is 29.5. The Kier molecular flexibility index (Phi) is 5.86. The molecule has 2 aromatic heterocycles. The molecule has 12 rings (SSSR count). The van der Waals surface area contributed by atoms with Crippen LogP contribution >= 0.6 is 0 Å². The fraction of sp³-hybridized carbons (Fsp3) is 0.0200. The fourth-order valence-electron chi connectivity index (χ4n) is 9.84. The minimum absolute atomic E-state index is 0.0358. The van der Waals surface area contributed by atoms with Crippen molar-refractivity contribution in [2.24, 2.45) is 0 Å². The van der Waals surface area contributed by atoms with Gasteiger partial charge in [-0.3, -0.25) is 0 Å². The summed E-state index contributed by atoms with van der Waals surface area (Å²) in [7, 11) is 0. The van der Waals surface area contributed by atoms with Crippen molar-refractivity contribution < 1.29 is 0 Å². The van der Waals surface area contributed by atoms with Gasteiger partial charge in [0.1, 0.15) is 0 Å². The predicted octanol–water partition coefficient (Wildman–Crippen LogP) is 11.0. The number of nitriles is 1. The van der Waals surface area contributed by atoms with Gasteiger partial charge >= 0.3 is 6.85 Å². The van der Waals surface area contributed by atoms with Crippen molar-refractivity contribution in [2.75, 3.05) is 0 Å². The second-order valence-electron chi connectivity index (χ2n) is 14.8. The third-order valence-electron chi connectivity index (χ3n) is 12.1. The van der Waals surface area contributed by atoms with Crippen LogP contribution in [0.5, 0.6) is 0 Å². The van der Waals surface area contributed by atoms with Gasteiger partial charge in [0.05, 0.1) is 22.7 Å². The van der Waals surface area contributed by atoms with Crippen LogP contribution in [0.3, 0.4) is 0 Å². The first-order valence-corrected chi connectivity index (χ1v) is 18.6. The van der Waals surface area contributed by atoms with Crippen LogP contribution < -0.4 is 10.9 Å². The predicted molar refractivity (Wildman–Crippen MR) is 225 cm³/mol. The van der Waals surface area contributed by atoms with Gasteiger partial charge in [-0.15, -0.1) is 0 Å². The Morgan fingerprint density at radius 2 is 1.20 bits per heavy atom. The molecule has 2 aliphatic rings. The number of benzene rings is 8. The van der Waals surface area contributed by atoms with Gasteiger partial charge in [0, 0.05) is 43.8 Å². The molecule has 10 aromatic rings. The van der Waals surface area contributed by atoms with E-state index in [2.05, 4.69) is 168 Å². The van der Waals surface area contributed by atoms with Crippen molar-refractivity contribution in [1.82, 2.24) is 9.05 Å². The monoisotopic (exact) mass is 683 g/mol. The summed E-state index contributed by atoms with van der Waals surface area (Å²) in [4.78, 5) is 0. The van der Waals surface area contributed by atoms with Crippen LogP contribution in [-0.2, 0) is 0 Å². The summed E-state index contributed by atoms with van der Waals surface area (Å²) in [6.45, 7) is 2.25. The highest BCUT2D eigenvalue weighted by molar-refractivity contribution is 6.90. The molecule has 0 saturated carbocycles. The van der Waals surface area contributed by atoms with E-state index in [9.17, 15) is 5.26 Å². The first-order valence-electron chi connectivity index (χ1n) is 18.6. The minimum atomic E-state index is -0.0358. The van der Waals surface area contributed by atoms with Crippen LogP contribution in [0.4, 0.5) is 0 Å². The molecule has 0 fully saturated rings. The number of rotatable bonds is 3. The van der Waals surface area contributed by atoms with E-state index in [-0.39, 0.29) is 6.85 Å². The Morgan fingerprint density at radius 3 is 2.02 bits per heavy atom. The number of nitrogens with zero attached hydrogens (tertiary/aromatic N) is 3. The summed E-state index contributed by atoms with van der Waals surface area (Å²) in [6.07, 6.45) is 0. The first-order chi connectivity index (χ1) is 26.7. The van der Waals surface area contributed by atoms with E-state index in [4.69, 9.17) is 0 Å². The van der Waals surface area contributed by atoms with E-state index in [0.29, 0.717) is 5.56 Å². The van der Waals surface area contributed by atoms with Crippen LogP contribution in [0.2, 0.25) is 0 Å². The van der Waals surface area contributed by atoms with Gasteiger partial charge in [-0.1, -0.05) is 115 Å². The molecule has 0 radical (unpaired) electrons. The number of aromatic nitrogens is 2. The lowest BCUT2D eigenvalue weighted by molar-refractivity contribution is 1.17. The summed E-state index contributed by atoms with van der Waals surface area (Å²) < 4.78 is 5.18. The van der Waals surface area contributed by atoms with Gasteiger partial charge in [0.15, 0.2) is 0 Å². The highest BCUT2D eigenvalue weighted by Crippen LogP contribution is 2.48. The summed E-state index contributed by atoms with van der Waals surface area (Å²) in [6, 6.07) is 62.1. The molecule has 0 amide bonds. The van der Waals surface area contributed by atoms with E-state index in [1.165, 1.54) is 99.2 Å². The Balaban J connectivity index is 1.30. The Bertz CT molecular complexity index is 3290. The maximum atomic E-state index is 9.97. The van der Waals surface area contributed by atoms with Crippen molar-refractivity contribution in [3.8, 4) is 56.3 Å². The number of para-hydroxylation sites is 2. The van der Waals surface area contributed by atoms with Crippen LogP contribution in [-0.4, -0.2) is 15.9 Å². The molecule has 3 nitrogen and oxygen atoms in total. The van der Waals surface area contributed by atoms with E-state index < -0.39 is 0 Å². The average molecular weight is 684 g/mol. The molecule has 54 heavy (non-hydrogen) atoms. The molecule has 0 N–H and O–H groups in total. The molecule has 0 spiro atoms. The Hall–Kier alpha value is -7.09. The maximum absolute atomic E-state index is 9.97. The maximum Gasteiger partial charge on any atom is 0.333 e. The van der Waals surface area contributed by atoms with Crippen molar-refractivity contribution in [1.29, 1.82) is 5.26 Å². The molecule has 4 heteroatoms. The van der Waals surface area contributed by atoms with E-state index in [0.717, 1.165) is 11.1 Å². The largest absolute Gasteiger partial charge is 0.375 e. The summed E-state index contributed by atoms with van der Waals surface area (Å²) in [5.41, 5.74) is 20.3. The fourth-order valence-corrected chi connectivity index (χ4v) is 9.84. The van der Waals surface area contributed by atoms with Crippen LogP contribution in [0, 0.1) is 18.3 Å². The van der Waals surface area contributed by atoms with Gasteiger partial charge in [0.25, 0.3) is 0 Å². The molecule has 248 valence electrons. The lowest BCUT2D eigenvalue weighted by Crippen LogP contribution is -2.55. The zero-order valence-electron chi connectivity index (χ0n) is 29.5. The minimum Gasteiger partial charge on any atom is -0.375 e. The van der Waals surface area contributed by atoms with Crippen molar-refractivity contribution in [3.05, 3.63) is 175 Å². The van der Waals surface area contributed by atoms with Crippen LogP contribution in [0.1, 0.15) is 11.1 Å². The quantitative estimate of drug-likeness (QED) is 0.171. The van der Waals surface area contributed by atoms with Crippen LogP contribution in [0.15, 0.2) is 164 Å². The molecule has 2 aliphatic heterocycles. The Morgan fingerprint density at radius 1 is 0.500 bits per heavy atom. The molecule has 4 heterocycles. The molecule has 0 bridgehead atoms. The highest BCUT2D eigenvalue weighted by Gasteiger charge is 2.42. The molecule has 8 aromatic carbocycles. The van der Waals surface area contributed by atoms with E-state index >= 15 is 0 Å². The average Bonchev–Trinajstić information content (AvgIpc) is 3.75. The summed E-state index contributed by atoms with van der Waals surface area (Å²) in [5, 5.41) is 15.0. The second-order valence-corrected chi connectivity index (χ2v) is 14.8. The molecule has 0 saturated heterocycles. The van der Waals surface area contributed by atoms with Gasteiger partial charge in [-0.25, -0.2) is 0 Å². The topological polar surface area (TPSA) is 33.6 Å². The normalized spacial score (nSPS) is 12.5. The third-order valence-corrected chi connectivity index (χ3v) is 12.1. The van der Waals surface area contributed by atoms with Gasteiger partial charge in [-0.05, 0) is 111 Å². The molecular formula is C50H30BN3. The lowest BCUT2D eigenvalue weighted by Gasteiger charge is -2.36. The Labute approximate surface area is 312 Å². The number of hydrogen-bond acceptors (Lipinski definition) is 1. The van der Waals surface area contributed by atoms with Crippen molar-refractivity contribution in [3.63, 3.8) is 0 Å². The van der Waals surface area contributed by atoms with Gasteiger partial charge < -0.3 is 9.05 Å². The van der Waals surface area contributed by atoms with E-state index in [1.54, 1.807) is 0 Å². The number of fused-ring (bicyclic) bond motifs is 10. The SMILES string of the molecule is Cc1c(-c2cccc(C#N)c2)cc2c3c1-c1cc(-c4ccccc4)cc4c5cc(-c6ccccc6)ccc5n(c14)B3c1cccc3c4ccccc4n-2c13. The second kappa shape index (κ2) is 10.7. The molecular weight excluding hydrogens is 653 g/mol. The highest BCUT2D eigenvalue weighted by atomic mass is 15.0. The number of hydrogen-bond donors (Lipinski definition) is 0. The lowest BCUT2D eigenvalue weighted by atomic mass is 9.45.